The normalized spacial score (nSPS) is 12.0. The van der Waals surface area contributed by atoms with E-state index in [1.54, 1.807) is 11.8 Å². The average Bonchev–Trinajstić information content (AvgIpc) is 2.82. The second-order valence-electron chi connectivity index (χ2n) is 4.14. The number of aromatic nitrogens is 3. The lowest BCUT2D eigenvalue weighted by molar-refractivity contribution is 0.0712. The molecular formula is C12H25N3O3SSi. The van der Waals surface area contributed by atoms with Crippen LogP contribution in [-0.2, 0) is 13.3 Å². The maximum absolute atomic E-state index is 5.81. The lowest BCUT2D eigenvalue weighted by atomic mass is 10.6. The molecule has 116 valence electrons. The third-order valence-corrected chi connectivity index (χ3v) is 6.61. The van der Waals surface area contributed by atoms with E-state index in [1.807, 2.05) is 27.7 Å². The van der Waals surface area contributed by atoms with Gasteiger partial charge in [-0.15, -0.1) is 5.10 Å². The molecule has 0 fully saturated rings. The molecule has 0 saturated heterocycles. The Morgan fingerprint density at radius 1 is 1.10 bits per heavy atom. The zero-order valence-corrected chi connectivity index (χ0v) is 14.6. The molecule has 0 spiro atoms. The summed E-state index contributed by atoms with van der Waals surface area (Å²) in [5.41, 5.74) is 0. The molecule has 1 N–H and O–H groups in total. The molecule has 0 aliphatic carbocycles. The minimum Gasteiger partial charge on any atom is -0.374 e. The first kappa shape index (κ1) is 17.6. The van der Waals surface area contributed by atoms with Gasteiger partial charge in [0.05, 0.1) is 0 Å². The van der Waals surface area contributed by atoms with Gasteiger partial charge in [-0.05, 0) is 34.1 Å². The maximum atomic E-state index is 5.81. The number of H-pyrrole nitrogens is 1. The highest BCUT2D eigenvalue weighted by Gasteiger charge is 2.39. The summed E-state index contributed by atoms with van der Waals surface area (Å²) < 4.78 is 17.4. The van der Waals surface area contributed by atoms with E-state index in [4.69, 9.17) is 13.3 Å². The number of rotatable bonds is 11. The van der Waals surface area contributed by atoms with Crippen LogP contribution in [0.5, 0.6) is 0 Å². The molecule has 0 atom stereocenters. The van der Waals surface area contributed by atoms with Gasteiger partial charge in [0.1, 0.15) is 5.82 Å². The van der Waals surface area contributed by atoms with E-state index in [0.717, 1.165) is 29.2 Å². The summed E-state index contributed by atoms with van der Waals surface area (Å²) in [5.74, 6) is 1.77. The predicted molar refractivity (Wildman–Crippen MR) is 81.9 cm³/mol. The summed E-state index contributed by atoms with van der Waals surface area (Å²) in [6.45, 7) is 9.70. The number of hydrogen-bond donors (Lipinski definition) is 1. The van der Waals surface area contributed by atoms with Crippen molar-refractivity contribution in [1.82, 2.24) is 15.2 Å². The molecule has 0 radical (unpaired) electrons. The monoisotopic (exact) mass is 319 g/mol. The summed E-state index contributed by atoms with van der Waals surface area (Å²) in [6, 6.07) is 0.832. The number of aryl methyl sites for hydroxylation is 1. The summed E-state index contributed by atoms with van der Waals surface area (Å²) in [4.78, 5) is 4.27. The van der Waals surface area contributed by atoms with Gasteiger partial charge >= 0.3 is 8.80 Å². The van der Waals surface area contributed by atoms with Gasteiger partial charge in [0.2, 0.25) is 5.16 Å². The second kappa shape index (κ2) is 9.51. The Bertz CT molecular complexity index is 362. The third-order valence-electron chi connectivity index (χ3n) is 2.53. The minimum absolute atomic E-state index is 0.624. The van der Waals surface area contributed by atoms with Crippen molar-refractivity contribution in [2.45, 2.75) is 45.3 Å². The SMILES string of the molecule is CCO[Si](CCCSc1n[nH]c(C)n1)(OCC)OCC. The Morgan fingerprint density at radius 2 is 1.70 bits per heavy atom. The number of hydrogen-bond acceptors (Lipinski definition) is 6. The highest BCUT2D eigenvalue weighted by atomic mass is 32.2. The van der Waals surface area contributed by atoms with E-state index in [2.05, 4.69) is 15.2 Å². The molecule has 1 rings (SSSR count). The van der Waals surface area contributed by atoms with Crippen LogP contribution in [-0.4, -0.2) is 49.6 Å². The van der Waals surface area contributed by atoms with Gasteiger partial charge in [-0.1, -0.05) is 11.8 Å². The quantitative estimate of drug-likeness (QED) is 0.384. The van der Waals surface area contributed by atoms with Crippen molar-refractivity contribution in [2.24, 2.45) is 0 Å². The van der Waals surface area contributed by atoms with Crippen LogP contribution in [0, 0.1) is 6.92 Å². The first-order valence-corrected chi connectivity index (χ1v) is 10.0. The summed E-state index contributed by atoms with van der Waals surface area (Å²) in [7, 11) is -2.49. The topological polar surface area (TPSA) is 69.3 Å². The third kappa shape index (κ3) is 5.92. The summed E-state index contributed by atoms with van der Waals surface area (Å²) in [5, 5.41) is 7.73. The molecule has 20 heavy (non-hydrogen) atoms. The van der Waals surface area contributed by atoms with Crippen LogP contribution >= 0.6 is 11.8 Å². The fraction of sp³-hybridized carbons (Fsp3) is 0.833. The van der Waals surface area contributed by atoms with Gasteiger partial charge in [0.25, 0.3) is 0 Å². The minimum atomic E-state index is -2.49. The fourth-order valence-electron chi connectivity index (χ4n) is 1.84. The number of nitrogens with one attached hydrogen (secondary N) is 1. The van der Waals surface area contributed by atoms with Gasteiger partial charge < -0.3 is 13.3 Å². The second-order valence-corrected chi connectivity index (χ2v) is 7.93. The first-order valence-electron chi connectivity index (χ1n) is 7.09. The van der Waals surface area contributed by atoms with Crippen LogP contribution in [0.25, 0.3) is 0 Å². The van der Waals surface area contributed by atoms with Crippen LogP contribution in [0.1, 0.15) is 33.0 Å². The molecule has 0 amide bonds. The lowest BCUT2D eigenvalue weighted by Crippen LogP contribution is -2.46. The first-order chi connectivity index (χ1) is 9.65. The van der Waals surface area contributed by atoms with Crippen molar-refractivity contribution in [3.8, 4) is 0 Å². The van der Waals surface area contributed by atoms with E-state index in [1.165, 1.54) is 0 Å². The Balaban J connectivity index is 2.40. The van der Waals surface area contributed by atoms with Gasteiger partial charge in [-0.3, -0.25) is 5.10 Å². The van der Waals surface area contributed by atoms with Crippen molar-refractivity contribution >= 4 is 20.6 Å². The molecule has 0 saturated carbocycles. The molecule has 1 aromatic rings. The molecule has 8 heteroatoms. The number of nitrogens with zero attached hydrogens (tertiary/aromatic N) is 2. The van der Waals surface area contributed by atoms with E-state index < -0.39 is 8.80 Å². The highest BCUT2D eigenvalue weighted by molar-refractivity contribution is 7.99. The molecule has 0 bridgehead atoms. The zero-order chi connectivity index (χ0) is 14.8. The van der Waals surface area contributed by atoms with Crippen LogP contribution in [0.2, 0.25) is 6.04 Å². The maximum Gasteiger partial charge on any atom is 0.500 e. The van der Waals surface area contributed by atoms with Gasteiger partial charge in [0.15, 0.2) is 0 Å². The van der Waals surface area contributed by atoms with Crippen LogP contribution in [0.4, 0.5) is 0 Å². The Hall–Kier alpha value is -0.413. The smallest absolute Gasteiger partial charge is 0.374 e. The molecule has 0 unspecified atom stereocenters. The van der Waals surface area contributed by atoms with Crippen molar-refractivity contribution in [2.75, 3.05) is 25.6 Å². The van der Waals surface area contributed by atoms with Crippen molar-refractivity contribution in [3.05, 3.63) is 5.82 Å². The van der Waals surface area contributed by atoms with Gasteiger partial charge in [-0.25, -0.2) is 4.98 Å². The van der Waals surface area contributed by atoms with Crippen molar-refractivity contribution in [1.29, 1.82) is 0 Å². The van der Waals surface area contributed by atoms with Crippen molar-refractivity contribution < 1.29 is 13.3 Å². The molecular weight excluding hydrogens is 294 g/mol. The molecule has 1 aromatic heterocycles. The Kier molecular flexibility index (Phi) is 8.39. The standard InChI is InChI=1S/C12H25N3O3SSi/c1-5-16-20(17-6-2,18-7-3)10-8-9-19-12-13-11(4)14-15-12/h5-10H2,1-4H3,(H,13,14,15). The van der Waals surface area contributed by atoms with Gasteiger partial charge in [0, 0.05) is 31.6 Å². The lowest BCUT2D eigenvalue weighted by Gasteiger charge is -2.28. The predicted octanol–water partition coefficient (Wildman–Crippen LogP) is 2.64. The van der Waals surface area contributed by atoms with E-state index >= 15 is 0 Å². The zero-order valence-electron chi connectivity index (χ0n) is 12.8. The highest BCUT2D eigenvalue weighted by Crippen LogP contribution is 2.21. The molecule has 6 nitrogen and oxygen atoms in total. The van der Waals surface area contributed by atoms with E-state index in [9.17, 15) is 0 Å². The number of thioether (sulfide) groups is 1. The average molecular weight is 320 g/mol. The van der Waals surface area contributed by atoms with Crippen LogP contribution in [0.15, 0.2) is 5.16 Å². The van der Waals surface area contributed by atoms with Crippen molar-refractivity contribution in [3.63, 3.8) is 0 Å². The molecule has 0 aromatic carbocycles. The Morgan fingerprint density at radius 3 is 2.15 bits per heavy atom. The fourth-order valence-corrected chi connectivity index (χ4v) is 5.49. The summed E-state index contributed by atoms with van der Waals surface area (Å²) in [6.07, 6.45) is 0.963. The Labute approximate surface area is 126 Å². The van der Waals surface area contributed by atoms with E-state index in [-0.39, 0.29) is 0 Å². The van der Waals surface area contributed by atoms with Crippen LogP contribution < -0.4 is 0 Å². The number of aromatic amines is 1. The molecule has 0 aliphatic rings. The molecule has 1 heterocycles. The molecule has 0 aliphatic heterocycles. The summed E-state index contributed by atoms with van der Waals surface area (Å²) >= 11 is 1.64. The van der Waals surface area contributed by atoms with Gasteiger partial charge in [-0.2, -0.15) is 0 Å². The van der Waals surface area contributed by atoms with E-state index in [0.29, 0.717) is 19.8 Å². The van der Waals surface area contributed by atoms with Crippen LogP contribution in [0.3, 0.4) is 0 Å². The largest absolute Gasteiger partial charge is 0.500 e.